The lowest BCUT2D eigenvalue weighted by atomic mass is 10.0. The molecule has 0 atom stereocenters. The van der Waals surface area contributed by atoms with Gasteiger partial charge in [-0.25, -0.2) is 0 Å². The smallest absolute Gasteiger partial charge is 0.0314 e. The van der Waals surface area contributed by atoms with Gasteiger partial charge in [0, 0.05) is 17.8 Å². The summed E-state index contributed by atoms with van der Waals surface area (Å²) in [6.45, 7) is 11.0. The van der Waals surface area contributed by atoms with Crippen molar-refractivity contribution < 1.29 is 0 Å². The quantitative estimate of drug-likeness (QED) is 0.770. The van der Waals surface area contributed by atoms with E-state index in [1.54, 1.807) is 0 Å². The lowest BCUT2D eigenvalue weighted by Crippen LogP contribution is -2.40. The molecule has 1 aromatic carbocycles. The molecule has 0 fully saturated rings. The van der Waals surface area contributed by atoms with Gasteiger partial charge >= 0.3 is 0 Å². The maximum Gasteiger partial charge on any atom is 0.0314 e. The van der Waals surface area contributed by atoms with Crippen LogP contribution in [0.25, 0.3) is 0 Å². The third-order valence-corrected chi connectivity index (χ3v) is 2.68. The van der Waals surface area contributed by atoms with Crippen molar-refractivity contribution >= 4 is 5.69 Å². The minimum Gasteiger partial charge on any atom is -0.399 e. The van der Waals surface area contributed by atoms with E-state index in [4.69, 9.17) is 5.73 Å². The Labute approximate surface area is 93.1 Å². The van der Waals surface area contributed by atoms with E-state index < -0.39 is 0 Å². The van der Waals surface area contributed by atoms with Crippen LogP contribution < -0.4 is 5.73 Å². The van der Waals surface area contributed by atoms with Gasteiger partial charge in [-0.05, 0) is 45.0 Å². The molecule has 0 unspecified atom stereocenters. The predicted octanol–water partition coefficient (Wildman–Crippen LogP) is 2.89. The maximum absolute atomic E-state index is 5.66. The Balaban J connectivity index is 2.71. The summed E-state index contributed by atoms with van der Waals surface area (Å²) in [6.07, 6.45) is 0. The van der Waals surface area contributed by atoms with Crippen LogP contribution in [0, 0.1) is 0 Å². The Morgan fingerprint density at radius 1 is 1.13 bits per heavy atom. The first-order valence-corrected chi connectivity index (χ1v) is 5.53. The zero-order valence-corrected chi connectivity index (χ0v) is 10.2. The average molecular weight is 206 g/mol. The summed E-state index contributed by atoms with van der Waals surface area (Å²) in [7, 11) is 0. The number of nitrogen functional groups attached to an aromatic ring is 1. The van der Waals surface area contributed by atoms with Crippen LogP contribution in [0.15, 0.2) is 24.3 Å². The molecule has 0 radical (unpaired) electrons. The highest BCUT2D eigenvalue weighted by atomic mass is 15.2. The van der Waals surface area contributed by atoms with Gasteiger partial charge in [0.15, 0.2) is 0 Å². The van der Waals surface area contributed by atoms with E-state index in [2.05, 4.69) is 44.7 Å². The minimum absolute atomic E-state index is 0.218. The van der Waals surface area contributed by atoms with E-state index in [1.165, 1.54) is 5.56 Å². The Bertz CT molecular complexity index is 295. The van der Waals surface area contributed by atoms with Crippen LogP contribution in [0.5, 0.6) is 0 Å². The highest BCUT2D eigenvalue weighted by Crippen LogP contribution is 2.17. The molecule has 1 rings (SSSR count). The van der Waals surface area contributed by atoms with Crippen molar-refractivity contribution in [2.24, 2.45) is 0 Å². The van der Waals surface area contributed by atoms with Gasteiger partial charge in [-0.1, -0.05) is 19.1 Å². The standard InChI is InChI=1S/C13H22N2/c1-5-15(13(2,3)4)10-11-6-8-12(14)9-7-11/h6-9H,5,10,14H2,1-4H3. The van der Waals surface area contributed by atoms with Crippen LogP contribution in [-0.2, 0) is 6.54 Å². The average Bonchev–Trinajstić information content (AvgIpc) is 2.15. The van der Waals surface area contributed by atoms with Crippen LogP contribution in [0.4, 0.5) is 5.69 Å². The van der Waals surface area contributed by atoms with Crippen molar-refractivity contribution in [3.05, 3.63) is 29.8 Å². The summed E-state index contributed by atoms with van der Waals surface area (Å²) in [4.78, 5) is 2.44. The highest BCUT2D eigenvalue weighted by Gasteiger charge is 2.19. The fourth-order valence-corrected chi connectivity index (χ4v) is 1.67. The molecule has 0 aliphatic heterocycles. The first-order valence-electron chi connectivity index (χ1n) is 5.53. The zero-order valence-electron chi connectivity index (χ0n) is 10.2. The molecule has 0 spiro atoms. The molecular weight excluding hydrogens is 184 g/mol. The maximum atomic E-state index is 5.66. The van der Waals surface area contributed by atoms with E-state index in [0.717, 1.165) is 18.8 Å². The molecule has 0 aromatic heterocycles. The van der Waals surface area contributed by atoms with E-state index in [1.807, 2.05) is 12.1 Å². The van der Waals surface area contributed by atoms with Crippen molar-refractivity contribution in [2.75, 3.05) is 12.3 Å². The topological polar surface area (TPSA) is 29.3 Å². The zero-order chi connectivity index (χ0) is 11.5. The molecule has 0 aliphatic rings. The summed E-state index contributed by atoms with van der Waals surface area (Å²) in [6, 6.07) is 8.13. The molecule has 1 aromatic rings. The molecule has 0 bridgehead atoms. The largest absolute Gasteiger partial charge is 0.399 e. The lowest BCUT2D eigenvalue weighted by molar-refractivity contribution is 0.136. The summed E-state index contributed by atoms with van der Waals surface area (Å²) in [5, 5.41) is 0. The Morgan fingerprint density at radius 3 is 2.07 bits per heavy atom. The second-order valence-corrected chi connectivity index (χ2v) is 4.93. The van der Waals surface area contributed by atoms with E-state index >= 15 is 0 Å². The highest BCUT2D eigenvalue weighted by molar-refractivity contribution is 5.39. The summed E-state index contributed by atoms with van der Waals surface area (Å²) < 4.78 is 0. The number of hydrogen-bond donors (Lipinski definition) is 1. The number of hydrogen-bond acceptors (Lipinski definition) is 2. The van der Waals surface area contributed by atoms with Gasteiger partial charge in [0.2, 0.25) is 0 Å². The van der Waals surface area contributed by atoms with Crippen molar-refractivity contribution in [1.29, 1.82) is 0 Å². The van der Waals surface area contributed by atoms with Gasteiger partial charge in [0.25, 0.3) is 0 Å². The molecule has 0 saturated heterocycles. The van der Waals surface area contributed by atoms with Gasteiger partial charge in [0.1, 0.15) is 0 Å². The first kappa shape index (κ1) is 12.1. The van der Waals surface area contributed by atoms with Crippen molar-refractivity contribution in [2.45, 2.75) is 39.8 Å². The van der Waals surface area contributed by atoms with Gasteiger partial charge in [-0.15, -0.1) is 0 Å². The number of nitrogens with zero attached hydrogens (tertiary/aromatic N) is 1. The van der Waals surface area contributed by atoms with Crippen LogP contribution in [0.1, 0.15) is 33.3 Å². The summed E-state index contributed by atoms with van der Waals surface area (Å²) in [5.74, 6) is 0. The van der Waals surface area contributed by atoms with E-state index in [9.17, 15) is 0 Å². The second kappa shape index (κ2) is 4.67. The summed E-state index contributed by atoms with van der Waals surface area (Å²) in [5.41, 5.74) is 8.03. The molecule has 0 amide bonds. The van der Waals surface area contributed by atoms with Gasteiger partial charge in [-0.3, -0.25) is 4.90 Å². The van der Waals surface area contributed by atoms with Crippen LogP contribution in [0.2, 0.25) is 0 Å². The number of nitrogens with two attached hydrogens (primary N) is 1. The number of benzene rings is 1. The molecule has 84 valence electrons. The normalized spacial score (nSPS) is 12.1. The van der Waals surface area contributed by atoms with E-state index in [0.29, 0.717) is 0 Å². The Kier molecular flexibility index (Phi) is 3.75. The van der Waals surface area contributed by atoms with Crippen molar-refractivity contribution in [1.82, 2.24) is 4.90 Å². The number of rotatable bonds is 3. The van der Waals surface area contributed by atoms with Crippen molar-refractivity contribution in [3.8, 4) is 0 Å². The van der Waals surface area contributed by atoms with Crippen molar-refractivity contribution in [3.63, 3.8) is 0 Å². The molecule has 2 heteroatoms. The molecule has 0 aliphatic carbocycles. The third kappa shape index (κ3) is 3.56. The predicted molar refractivity (Wildman–Crippen MR) is 66.7 cm³/mol. The van der Waals surface area contributed by atoms with Gasteiger partial charge in [-0.2, -0.15) is 0 Å². The Morgan fingerprint density at radius 2 is 1.67 bits per heavy atom. The molecular formula is C13H22N2. The van der Waals surface area contributed by atoms with Gasteiger partial charge in [0.05, 0.1) is 0 Å². The van der Waals surface area contributed by atoms with Gasteiger partial charge < -0.3 is 5.73 Å². The van der Waals surface area contributed by atoms with Crippen LogP contribution in [-0.4, -0.2) is 17.0 Å². The second-order valence-electron chi connectivity index (χ2n) is 4.93. The molecule has 0 heterocycles. The minimum atomic E-state index is 0.218. The lowest BCUT2D eigenvalue weighted by Gasteiger charge is -2.34. The monoisotopic (exact) mass is 206 g/mol. The number of anilines is 1. The molecule has 0 saturated carbocycles. The molecule has 15 heavy (non-hydrogen) atoms. The van der Waals surface area contributed by atoms with Crippen LogP contribution >= 0.6 is 0 Å². The fraction of sp³-hybridized carbons (Fsp3) is 0.538. The fourth-order valence-electron chi connectivity index (χ4n) is 1.67. The molecule has 2 nitrogen and oxygen atoms in total. The van der Waals surface area contributed by atoms with E-state index in [-0.39, 0.29) is 5.54 Å². The first-order chi connectivity index (χ1) is 6.93. The third-order valence-electron chi connectivity index (χ3n) is 2.68. The summed E-state index contributed by atoms with van der Waals surface area (Å²) >= 11 is 0. The Hall–Kier alpha value is -1.02. The molecule has 2 N–H and O–H groups in total. The van der Waals surface area contributed by atoms with Crippen LogP contribution in [0.3, 0.4) is 0 Å². The SMILES string of the molecule is CCN(Cc1ccc(N)cc1)C(C)(C)C.